The molecule has 0 bridgehead atoms. The molecule has 2 aromatic heterocycles. The van der Waals surface area contributed by atoms with Crippen LogP contribution in [0.15, 0.2) is 69.5 Å². The SMILES string of the molecule is Cc1ccc(-c2ccc(CO)o2)cc1NC(=O)c1ccc(-c2cc(Cl)cc(Cl)c2)o1. The van der Waals surface area contributed by atoms with Gasteiger partial charge in [0, 0.05) is 26.9 Å². The van der Waals surface area contributed by atoms with Crippen molar-refractivity contribution < 1.29 is 18.7 Å². The molecule has 0 radical (unpaired) electrons. The maximum atomic E-state index is 12.7. The maximum Gasteiger partial charge on any atom is 0.291 e. The normalized spacial score (nSPS) is 10.9. The molecule has 2 aromatic carbocycles. The number of furan rings is 2. The number of aliphatic hydroxyl groups is 1. The smallest absolute Gasteiger partial charge is 0.291 e. The number of benzene rings is 2. The average molecular weight is 442 g/mol. The second-order valence-corrected chi connectivity index (χ2v) is 7.60. The van der Waals surface area contributed by atoms with Crippen molar-refractivity contribution in [3.8, 4) is 22.6 Å². The van der Waals surface area contributed by atoms with E-state index in [4.69, 9.17) is 32.0 Å². The highest BCUT2D eigenvalue weighted by atomic mass is 35.5. The van der Waals surface area contributed by atoms with Gasteiger partial charge in [-0.2, -0.15) is 0 Å². The second-order valence-electron chi connectivity index (χ2n) is 6.73. The Labute approximate surface area is 182 Å². The zero-order chi connectivity index (χ0) is 21.3. The topological polar surface area (TPSA) is 75.6 Å². The summed E-state index contributed by atoms with van der Waals surface area (Å²) < 4.78 is 11.3. The van der Waals surface area contributed by atoms with E-state index in [1.807, 2.05) is 25.1 Å². The van der Waals surface area contributed by atoms with E-state index in [-0.39, 0.29) is 18.3 Å². The fraction of sp³-hybridized carbons (Fsp3) is 0.0870. The number of nitrogens with one attached hydrogen (secondary N) is 1. The van der Waals surface area contributed by atoms with Crippen LogP contribution in [0.2, 0.25) is 10.0 Å². The summed E-state index contributed by atoms with van der Waals surface area (Å²) in [5.41, 5.74) is 2.98. The first kappa shape index (κ1) is 20.3. The molecule has 0 unspecified atom stereocenters. The average Bonchev–Trinajstić information content (AvgIpc) is 3.39. The molecule has 0 fully saturated rings. The van der Waals surface area contributed by atoms with E-state index in [9.17, 15) is 9.90 Å². The van der Waals surface area contributed by atoms with E-state index in [1.54, 1.807) is 42.5 Å². The van der Waals surface area contributed by atoms with Gasteiger partial charge in [-0.3, -0.25) is 4.79 Å². The van der Waals surface area contributed by atoms with Gasteiger partial charge in [-0.15, -0.1) is 0 Å². The van der Waals surface area contributed by atoms with Crippen molar-refractivity contribution in [1.82, 2.24) is 0 Å². The predicted octanol–water partition coefficient (Wildman–Crippen LogP) is 6.57. The van der Waals surface area contributed by atoms with Crippen LogP contribution in [0, 0.1) is 6.92 Å². The highest BCUT2D eigenvalue weighted by Crippen LogP contribution is 2.30. The molecule has 152 valence electrons. The first-order valence-electron chi connectivity index (χ1n) is 9.11. The zero-order valence-electron chi connectivity index (χ0n) is 15.9. The number of rotatable bonds is 5. The van der Waals surface area contributed by atoms with Gasteiger partial charge in [0.25, 0.3) is 5.91 Å². The van der Waals surface area contributed by atoms with Gasteiger partial charge in [0.05, 0.1) is 0 Å². The van der Waals surface area contributed by atoms with E-state index in [0.29, 0.717) is 38.6 Å². The van der Waals surface area contributed by atoms with Crippen LogP contribution in [0.1, 0.15) is 21.9 Å². The van der Waals surface area contributed by atoms with Gasteiger partial charge in [0.2, 0.25) is 0 Å². The number of carbonyl (C=O) groups excluding carboxylic acids is 1. The summed E-state index contributed by atoms with van der Waals surface area (Å²) in [7, 11) is 0. The third kappa shape index (κ3) is 4.28. The number of carbonyl (C=O) groups is 1. The Bertz CT molecular complexity index is 1210. The van der Waals surface area contributed by atoms with Crippen molar-refractivity contribution in [2.45, 2.75) is 13.5 Å². The van der Waals surface area contributed by atoms with Crippen molar-refractivity contribution in [2.24, 2.45) is 0 Å². The summed E-state index contributed by atoms with van der Waals surface area (Å²) in [6.07, 6.45) is 0. The summed E-state index contributed by atoms with van der Waals surface area (Å²) >= 11 is 12.1. The third-order valence-corrected chi connectivity index (χ3v) is 5.00. The van der Waals surface area contributed by atoms with E-state index in [0.717, 1.165) is 11.1 Å². The van der Waals surface area contributed by atoms with E-state index in [1.165, 1.54) is 0 Å². The summed E-state index contributed by atoms with van der Waals surface area (Å²) in [5.74, 6) is 1.34. The van der Waals surface area contributed by atoms with Gasteiger partial charge in [0.15, 0.2) is 5.76 Å². The number of halogens is 2. The van der Waals surface area contributed by atoms with Crippen LogP contribution in [-0.2, 0) is 6.61 Å². The van der Waals surface area contributed by atoms with Crippen LogP contribution in [-0.4, -0.2) is 11.0 Å². The van der Waals surface area contributed by atoms with Crippen LogP contribution >= 0.6 is 23.2 Å². The molecular weight excluding hydrogens is 425 g/mol. The molecule has 0 spiro atoms. The molecule has 1 amide bonds. The van der Waals surface area contributed by atoms with Gasteiger partial charge in [-0.25, -0.2) is 0 Å². The lowest BCUT2D eigenvalue weighted by molar-refractivity contribution is 0.0997. The Morgan fingerprint density at radius 3 is 2.30 bits per heavy atom. The summed E-state index contributed by atoms with van der Waals surface area (Å²) in [6.45, 7) is 1.72. The monoisotopic (exact) mass is 441 g/mol. The molecule has 5 nitrogen and oxygen atoms in total. The summed E-state index contributed by atoms with van der Waals surface area (Å²) in [4.78, 5) is 12.7. The van der Waals surface area contributed by atoms with Gasteiger partial charge >= 0.3 is 0 Å². The Hall–Kier alpha value is -2.99. The van der Waals surface area contributed by atoms with Crippen molar-refractivity contribution in [3.05, 3.63) is 87.8 Å². The standard InChI is InChI=1S/C23H17Cl2NO4/c1-13-2-3-14(20-5-4-18(12-27)29-20)10-19(13)26-23(28)22-7-6-21(30-22)15-8-16(24)11-17(25)9-15/h2-11,27H,12H2,1H3,(H,26,28). The Kier molecular flexibility index (Phi) is 5.68. The molecule has 0 saturated carbocycles. The van der Waals surface area contributed by atoms with Crippen molar-refractivity contribution >= 4 is 34.8 Å². The number of hydrogen-bond donors (Lipinski definition) is 2. The Morgan fingerprint density at radius 2 is 1.60 bits per heavy atom. The first-order valence-corrected chi connectivity index (χ1v) is 9.87. The summed E-state index contributed by atoms with van der Waals surface area (Å²) in [6, 6.07) is 17.4. The molecule has 0 aliphatic rings. The van der Waals surface area contributed by atoms with Crippen molar-refractivity contribution in [1.29, 1.82) is 0 Å². The molecular formula is C23H17Cl2NO4. The molecule has 4 rings (SSSR count). The van der Waals surface area contributed by atoms with E-state index >= 15 is 0 Å². The van der Waals surface area contributed by atoms with Gasteiger partial charge in [-0.05, 0) is 61.0 Å². The predicted molar refractivity (Wildman–Crippen MR) is 117 cm³/mol. The first-order chi connectivity index (χ1) is 14.4. The van der Waals surface area contributed by atoms with Gasteiger partial charge in [0.1, 0.15) is 23.9 Å². The van der Waals surface area contributed by atoms with E-state index in [2.05, 4.69) is 5.32 Å². The van der Waals surface area contributed by atoms with Crippen LogP contribution in [0.25, 0.3) is 22.6 Å². The van der Waals surface area contributed by atoms with Crippen LogP contribution in [0.5, 0.6) is 0 Å². The highest BCUT2D eigenvalue weighted by Gasteiger charge is 2.15. The molecule has 30 heavy (non-hydrogen) atoms. The minimum absolute atomic E-state index is 0.159. The maximum absolute atomic E-state index is 12.7. The van der Waals surface area contributed by atoms with E-state index < -0.39 is 0 Å². The van der Waals surface area contributed by atoms with Crippen LogP contribution < -0.4 is 5.32 Å². The number of amides is 1. The quantitative estimate of drug-likeness (QED) is 0.367. The minimum atomic E-state index is -0.384. The lowest BCUT2D eigenvalue weighted by Gasteiger charge is -2.09. The number of anilines is 1. The molecule has 0 aliphatic heterocycles. The number of aliphatic hydroxyl groups excluding tert-OH is 1. The van der Waals surface area contributed by atoms with Gasteiger partial charge in [-0.1, -0.05) is 35.3 Å². The molecule has 0 saturated heterocycles. The van der Waals surface area contributed by atoms with Crippen LogP contribution in [0.3, 0.4) is 0 Å². The number of aryl methyl sites for hydroxylation is 1. The zero-order valence-corrected chi connectivity index (χ0v) is 17.4. The number of hydrogen-bond acceptors (Lipinski definition) is 4. The minimum Gasteiger partial charge on any atom is -0.459 e. The molecule has 7 heteroatoms. The van der Waals surface area contributed by atoms with Crippen molar-refractivity contribution in [2.75, 3.05) is 5.32 Å². The molecule has 4 aromatic rings. The second kappa shape index (κ2) is 8.40. The molecule has 2 heterocycles. The third-order valence-electron chi connectivity index (χ3n) is 4.56. The Balaban J connectivity index is 1.57. The van der Waals surface area contributed by atoms with Crippen molar-refractivity contribution in [3.63, 3.8) is 0 Å². The summed E-state index contributed by atoms with van der Waals surface area (Å²) in [5, 5.41) is 13.0. The largest absolute Gasteiger partial charge is 0.459 e. The Morgan fingerprint density at radius 1 is 0.900 bits per heavy atom. The highest BCUT2D eigenvalue weighted by molar-refractivity contribution is 6.35. The van der Waals surface area contributed by atoms with Gasteiger partial charge < -0.3 is 19.3 Å². The lowest BCUT2D eigenvalue weighted by Crippen LogP contribution is -2.11. The van der Waals surface area contributed by atoms with Crippen LogP contribution in [0.4, 0.5) is 5.69 Å². The molecule has 0 aliphatic carbocycles. The fourth-order valence-electron chi connectivity index (χ4n) is 3.02. The molecule has 2 N–H and O–H groups in total. The molecule has 0 atom stereocenters. The fourth-order valence-corrected chi connectivity index (χ4v) is 3.55. The lowest BCUT2D eigenvalue weighted by atomic mass is 10.1.